The summed E-state index contributed by atoms with van der Waals surface area (Å²) in [5, 5.41) is 46.6. The second-order valence-corrected chi connectivity index (χ2v) is 29.9. The van der Waals surface area contributed by atoms with E-state index in [0.717, 1.165) is 47.0 Å². The van der Waals surface area contributed by atoms with Crippen molar-refractivity contribution in [2.24, 2.45) is 35.5 Å². The maximum Gasteiger partial charge on any atom is 0.397 e. The summed E-state index contributed by atoms with van der Waals surface area (Å²) in [6, 6.07) is 11.8. The first kappa shape index (κ1) is 80.9. The van der Waals surface area contributed by atoms with E-state index in [1.54, 1.807) is 48.5 Å². The van der Waals surface area contributed by atoms with Gasteiger partial charge in [0.05, 0.1) is 85.7 Å². The fourth-order valence-electron chi connectivity index (χ4n) is 14.9. The van der Waals surface area contributed by atoms with Crippen LogP contribution in [0.15, 0.2) is 36.4 Å². The molecule has 5 N–H and O–H groups in total. The molecule has 26 heteroatoms. The number of cyclic esters (lactones) is 1. The highest BCUT2D eigenvalue weighted by atomic mass is 32.3. The van der Waals surface area contributed by atoms with Crippen LogP contribution in [0.4, 0.5) is 0 Å². The van der Waals surface area contributed by atoms with Crippen LogP contribution in [0, 0.1) is 35.5 Å². The minimum Gasteiger partial charge on any atom is -0.459 e. The Morgan fingerprint density at radius 3 is 1.74 bits per heavy atom. The van der Waals surface area contributed by atoms with E-state index in [1.807, 2.05) is 50.2 Å². The van der Waals surface area contributed by atoms with Gasteiger partial charge in [-0.15, -0.1) is 0 Å². The number of nitrogens with zero attached hydrogens (tertiary/aromatic N) is 1. The number of hydrogen-bond acceptors (Lipinski definition) is 24. The fourth-order valence-corrected chi connectivity index (χ4v) is 15.3. The second-order valence-electron chi connectivity index (χ2n) is 28.8. The number of carbonyl (C=O) groups excluding carboxylic acids is 3. The predicted octanol–water partition coefficient (Wildman–Crippen LogP) is 9.69. The Bertz CT molecular complexity index is 2900. The third-order valence-corrected chi connectivity index (χ3v) is 21.3. The Balaban J connectivity index is 0.000000254. The Hall–Kier alpha value is -4.36. The summed E-state index contributed by atoms with van der Waals surface area (Å²) in [4.78, 5) is 42.9. The van der Waals surface area contributed by atoms with E-state index >= 15 is 0 Å². The van der Waals surface area contributed by atoms with Crippen LogP contribution in [0.1, 0.15) is 203 Å². The highest BCUT2D eigenvalue weighted by Crippen LogP contribution is 2.52. The van der Waals surface area contributed by atoms with Gasteiger partial charge in [0, 0.05) is 49.5 Å². The van der Waals surface area contributed by atoms with Crippen LogP contribution in [-0.2, 0) is 71.6 Å². The molecule has 2 aromatic carbocycles. The van der Waals surface area contributed by atoms with Gasteiger partial charge in [0.25, 0.3) is 0 Å². The molecule has 0 radical (unpaired) electrons. The molecule has 0 spiro atoms. The highest BCUT2D eigenvalue weighted by molar-refractivity contribution is 7.80. The Labute approximate surface area is 580 Å². The fraction of sp³-hybridized carbons (Fsp3) is 0.792. The first-order chi connectivity index (χ1) is 46.3. The Morgan fingerprint density at radius 2 is 1.23 bits per heavy atom. The van der Waals surface area contributed by atoms with Gasteiger partial charge in [-0.2, -0.15) is 8.42 Å². The number of fused-ring (bicyclic) bond motifs is 3. The standard InChI is InChI=1S/C40H71NO14.C20H18O6.C12H26O4S/c1-15-27-40(11,48)33(44)22(5)30(43)20(3)18-38(9,47)35(55-37-32(53-28(42)16-2)26(41(12)13)17-21(4)50-37)23(6)31(24(7)36(46)52-27)54-29-19-39(10,49-14)34(45)25(8)51-29;1-3-15-17(25-9-23-15)5-11(1)19-13-7-22-20(14(13)8-21-19)12-2-4-16-18(6-12)26-10-24-16;1-2-3-4-5-6-7-8-9-10-11-12-16-17(13,14)15/h20-27,29,31-35,37,44-45,47-48H,15-19H2,1-14H3;1-6,13-14,19-20H,7-10H2;2-12H2,1H3,(H,13,14,15). The van der Waals surface area contributed by atoms with E-state index in [-0.39, 0.29) is 70.2 Å². The summed E-state index contributed by atoms with van der Waals surface area (Å²) < 4.78 is 111. The van der Waals surface area contributed by atoms with Crippen LogP contribution in [0.25, 0.3) is 0 Å². The number of methoxy groups -OCH3 is 1. The SMILES string of the molecule is CCC(=O)OC1C(OC2C(C)C(OC3CC(C)(OC)C(O)C(C)O3)C(C)C(=O)OC(CC)C(C)(O)C(O)C(C)C(=O)C(C)CC2(C)O)OC(C)CC1N(C)C.CCCCCCCCCCCCOS(=O)(=O)O.c1cc2c(cc1C1OCC3C(c4ccc5c(c4)OCO5)OCC13)OCO2. The van der Waals surface area contributed by atoms with Crippen LogP contribution in [0.3, 0.4) is 0 Å². The lowest BCUT2D eigenvalue weighted by Gasteiger charge is -2.49. The van der Waals surface area contributed by atoms with Crippen molar-refractivity contribution >= 4 is 28.1 Å². The predicted molar refractivity (Wildman–Crippen MR) is 359 cm³/mol. The largest absolute Gasteiger partial charge is 0.459 e. The van der Waals surface area contributed by atoms with Crippen molar-refractivity contribution in [3.05, 3.63) is 47.5 Å². The molecule has 22 unspecified atom stereocenters. The summed E-state index contributed by atoms with van der Waals surface area (Å²) in [5.41, 5.74) is -2.68. The number of rotatable bonds is 23. The van der Waals surface area contributed by atoms with Crippen molar-refractivity contribution < 1.29 is 114 Å². The minimum atomic E-state index is -4.23. The second kappa shape index (κ2) is 36.2. The van der Waals surface area contributed by atoms with Gasteiger partial charge in [0.1, 0.15) is 23.6 Å². The first-order valence-corrected chi connectivity index (χ1v) is 36.9. The molecule has 0 amide bonds. The number of hydrogen-bond donors (Lipinski definition) is 5. The quantitative estimate of drug-likeness (QED) is 0.0392. The number of benzene rings is 2. The summed E-state index contributed by atoms with van der Waals surface area (Å²) in [7, 11) is 0.973. The lowest BCUT2D eigenvalue weighted by atomic mass is 9.74. The van der Waals surface area contributed by atoms with E-state index < -0.39 is 124 Å². The molecule has 9 rings (SSSR count). The zero-order chi connectivity index (χ0) is 72.0. The van der Waals surface area contributed by atoms with Gasteiger partial charge in [0.2, 0.25) is 13.6 Å². The number of likely N-dealkylation sites (N-methyl/N-ethyl adjacent to an activating group) is 1. The zero-order valence-electron chi connectivity index (χ0n) is 60.4. The smallest absolute Gasteiger partial charge is 0.397 e. The van der Waals surface area contributed by atoms with E-state index in [0.29, 0.717) is 37.9 Å². The van der Waals surface area contributed by atoms with Crippen molar-refractivity contribution in [1.29, 1.82) is 0 Å². The lowest BCUT2D eigenvalue weighted by molar-refractivity contribution is -0.319. The number of ether oxygens (including phenoxy) is 13. The third kappa shape index (κ3) is 20.7. The normalized spacial score (nSPS) is 36.5. The monoisotopic (exact) mass is 1410 g/mol. The van der Waals surface area contributed by atoms with E-state index in [9.17, 15) is 43.2 Å². The molecule has 5 saturated heterocycles. The van der Waals surface area contributed by atoms with Gasteiger partial charge in [0.15, 0.2) is 41.7 Å². The highest BCUT2D eigenvalue weighted by Gasteiger charge is 2.55. The van der Waals surface area contributed by atoms with Gasteiger partial charge in [-0.1, -0.05) is 111 Å². The van der Waals surface area contributed by atoms with Crippen molar-refractivity contribution in [2.75, 3.05) is 54.6 Å². The lowest BCUT2D eigenvalue weighted by Crippen LogP contribution is -2.61. The molecular weight excluding hydrogens is 1290 g/mol. The van der Waals surface area contributed by atoms with Gasteiger partial charge in [-0.25, -0.2) is 4.18 Å². The molecule has 558 valence electrons. The molecule has 25 nitrogen and oxygen atoms in total. The molecular formula is C72H115NO24S. The number of aliphatic hydroxyl groups excluding tert-OH is 2. The Morgan fingerprint density at radius 1 is 0.694 bits per heavy atom. The van der Waals surface area contributed by atoms with Crippen LogP contribution < -0.4 is 18.9 Å². The zero-order valence-corrected chi connectivity index (χ0v) is 61.2. The molecule has 22 atom stereocenters. The number of Topliss-reactive ketones (excluding diaryl/α,β-unsaturated/α-hetero) is 1. The number of esters is 2. The Kier molecular flexibility index (Phi) is 29.9. The number of aliphatic hydroxyl groups is 4. The van der Waals surface area contributed by atoms with Crippen molar-refractivity contribution in [2.45, 2.75) is 276 Å². The summed E-state index contributed by atoms with van der Waals surface area (Å²) >= 11 is 0. The topological polar surface area (TPSA) is 319 Å². The van der Waals surface area contributed by atoms with Crippen molar-refractivity contribution in [3.8, 4) is 23.0 Å². The van der Waals surface area contributed by atoms with Gasteiger partial charge < -0.3 is 86.9 Å². The molecule has 0 aliphatic carbocycles. The molecule has 7 aliphatic heterocycles. The number of carbonyl (C=O) groups is 3. The van der Waals surface area contributed by atoms with Crippen molar-refractivity contribution in [1.82, 2.24) is 4.90 Å². The number of unbranched alkanes of at least 4 members (excludes halogenated alkanes) is 9. The van der Waals surface area contributed by atoms with Crippen molar-refractivity contribution in [3.63, 3.8) is 0 Å². The molecule has 7 aliphatic rings. The van der Waals surface area contributed by atoms with Crippen LogP contribution in [-0.4, -0.2) is 195 Å². The molecule has 0 saturated carbocycles. The summed E-state index contributed by atoms with van der Waals surface area (Å²) in [6.45, 7) is 22.2. The molecule has 98 heavy (non-hydrogen) atoms. The average molecular weight is 1410 g/mol. The van der Waals surface area contributed by atoms with E-state index in [1.165, 1.54) is 72.8 Å². The van der Waals surface area contributed by atoms with E-state index in [2.05, 4.69) is 23.2 Å². The molecule has 5 fully saturated rings. The van der Waals surface area contributed by atoms with Crippen LogP contribution in [0.5, 0.6) is 23.0 Å². The van der Waals surface area contributed by atoms with E-state index in [4.69, 9.17) is 66.1 Å². The summed E-state index contributed by atoms with van der Waals surface area (Å²) in [5.74, 6) is -1.76. The third-order valence-electron chi connectivity index (χ3n) is 20.8. The maximum absolute atomic E-state index is 14.2. The summed E-state index contributed by atoms with van der Waals surface area (Å²) in [6.07, 6.45) is 2.22. The maximum atomic E-state index is 14.2. The van der Waals surface area contributed by atoms with Crippen LogP contribution >= 0.6 is 0 Å². The average Bonchev–Trinajstić information content (AvgIpc) is 1.58. The molecule has 2 aromatic rings. The first-order valence-electron chi connectivity index (χ1n) is 35.5. The van der Waals surface area contributed by atoms with Gasteiger partial charge in [-0.3, -0.25) is 18.9 Å². The van der Waals surface area contributed by atoms with Gasteiger partial charge >= 0.3 is 22.3 Å². The molecule has 0 aromatic heterocycles. The molecule has 0 bridgehead atoms. The van der Waals surface area contributed by atoms with Crippen LogP contribution in [0.2, 0.25) is 0 Å². The minimum absolute atomic E-state index is 0.0218. The molecule has 7 heterocycles. The number of ketones is 1. The van der Waals surface area contributed by atoms with Gasteiger partial charge in [-0.05, 0) is 117 Å².